The van der Waals surface area contributed by atoms with Crippen LogP contribution in [0.4, 0.5) is 0 Å². The van der Waals surface area contributed by atoms with Gasteiger partial charge in [-0.2, -0.15) is 0 Å². The van der Waals surface area contributed by atoms with E-state index in [2.05, 4.69) is 4.98 Å². The van der Waals surface area contributed by atoms with Crippen molar-refractivity contribution in [3.05, 3.63) is 48.2 Å². The van der Waals surface area contributed by atoms with Crippen LogP contribution in [0.2, 0.25) is 0 Å². The van der Waals surface area contributed by atoms with Crippen LogP contribution in [0.25, 0.3) is 11.3 Å². The minimum Gasteiger partial charge on any atom is -0.496 e. The lowest BCUT2D eigenvalue weighted by atomic mass is 10.1. The second-order valence-electron chi connectivity index (χ2n) is 3.44. The van der Waals surface area contributed by atoms with Crippen molar-refractivity contribution in [3.8, 4) is 17.0 Å². The number of hydrogen-bond donors (Lipinski definition) is 1. The van der Waals surface area contributed by atoms with E-state index in [-0.39, 0.29) is 5.56 Å². The molecule has 1 heterocycles. The molecular weight excluding hydrogens is 218 g/mol. The number of benzene rings is 1. The maximum absolute atomic E-state index is 10.9. The molecule has 0 bridgehead atoms. The Morgan fingerprint density at radius 1 is 1.29 bits per heavy atom. The Labute approximate surface area is 98.5 Å². The second kappa shape index (κ2) is 4.65. The summed E-state index contributed by atoms with van der Waals surface area (Å²) in [6, 6.07) is 10.3. The van der Waals surface area contributed by atoms with E-state index in [9.17, 15) is 4.79 Å². The van der Waals surface area contributed by atoms with E-state index in [1.54, 1.807) is 7.11 Å². The molecule has 86 valence electrons. The van der Waals surface area contributed by atoms with Crippen LogP contribution in [0, 0.1) is 0 Å². The summed E-state index contributed by atoms with van der Waals surface area (Å²) >= 11 is 0. The lowest BCUT2D eigenvalue weighted by Crippen LogP contribution is -1.98. The Morgan fingerprint density at radius 2 is 2.06 bits per heavy atom. The molecule has 1 N–H and O–H groups in total. The lowest BCUT2D eigenvalue weighted by Gasteiger charge is -2.07. The number of hydrogen-bond acceptors (Lipinski definition) is 3. The van der Waals surface area contributed by atoms with Crippen molar-refractivity contribution in [1.82, 2.24) is 4.98 Å². The van der Waals surface area contributed by atoms with Gasteiger partial charge in [0.15, 0.2) is 0 Å². The van der Waals surface area contributed by atoms with Crippen LogP contribution in [-0.2, 0) is 0 Å². The van der Waals surface area contributed by atoms with Crippen molar-refractivity contribution in [2.24, 2.45) is 0 Å². The van der Waals surface area contributed by atoms with E-state index in [0.29, 0.717) is 11.4 Å². The number of para-hydroxylation sites is 1. The summed E-state index contributed by atoms with van der Waals surface area (Å²) in [7, 11) is 1.57. The van der Waals surface area contributed by atoms with Gasteiger partial charge in [0, 0.05) is 11.8 Å². The number of aromatic nitrogens is 1. The first-order chi connectivity index (χ1) is 8.22. The first-order valence-corrected chi connectivity index (χ1v) is 5.05. The van der Waals surface area contributed by atoms with Crippen molar-refractivity contribution in [3.63, 3.8) is 0 Å². The Bertz CT molecular complexity index is 552. The maximum Gasteiger partial charge on any atom is 0.335 e. The molecule has 0 aliphatic carbocycles. The third-order valence-corrected chi connectivity index (χ3v) is 2.39. The minimum atomic E-state index is -0.969. The van der Waals surface area contributed by atoms with Crippen LogP contribution in [0.15, 0.2) is 42.6 Å². The van der Waals surface area contributed by atoms with Gasteiger partial charge in [-0.25, -0.2) is 4.79 Å². The number of ether oxygens (including phenoxy) is 1. The number of aromatic carboxylic acids is 1. The van der Waals surface area contributed by atoms with Crippen molar-refractivity contribution in [1.29, 1.82) is 0 Å². The van der Waals surface area contributed by atoms with Crippen LogP contribution < -0.4 is 4.74 Å². The van der Waals surface area contributed by atoms with Gasteiger partial charge in [-0.1, -0.05) is 12.1 Å². The first kappa shape index (κ1) is 11.1. The number of rotatable bonds is 3. The predicted molar refractivity (Wildman–Crippen MR) is 63.2 cm³/mol. The quantitative estimate of drug-likeness (QED) is 0.878. The molecule has 4 heteroatoms. The Hall–Kier alpha value is -2.36. The van der Waals surface area contributed by atoms with Gasteiger partial charge in [-0.3, -0.25) is 4.98 Å². The van der Waals surface area contributed by atoms with Gasteiger partial charge < -0.3 is 9.84 Å². The van der Waals surface area contributed by atoms with Gasteiger partial charge in [0.1, 0.15) is 5.75 Å². The number of nitrogens with zero attached hydrogens (tertiary/aromatic N) is 1. The summed E-state index contributed by atoms with van der Waals surface area (Å²) in [6.45, 7) is 0. The van der Waals surface area contributed by atoms with Gasteiger partial charge in [0.2, 0.25) is 0 Å². The zero-order chi connectivity index (χ0) is 12.3. The first-order valence-electron chi connectivity index (χ1n) is 5.05. The van der Waals surface area contributed by atoms with Crippen molar-refractivity contribution in [2.45, 2.75) is 0 Å². The lowest BCUT2D eigenvalue weighted by molar-refractivity contribution is 0.0697. The molecule has 0 amide bonds. The Kier molecular flexibility index (Phi) is 3.05. The highest BCUT2D eigenvalue weighted by atomic mass is 16.5. The molecule has 0 aliphatic rings. The molecular formula is C13H11NO3. The van der Waals surface area contributed by atoms with Gasteiger partial charge >= 0.3 is 5.97 Å². The topological polar surface area (TPSA) is 59.4 Å². The highest BCUT2D eigenvalue weighted by Crippen LogP contribution is 2.28. The van der Waals surface area contributed by atoms with E-state index in [4.69, 9.17) is 9.84 Å². The molecule has 4 nitrogen and oxygen atoms in total. The maximum atomic E-state index is 10.9. The van der Waals surface area contributed by atoms with Crippen molar-refractivity contribution in [2.75, 3.05) is 7.11 Å². The summed E-state index contributed by atoms with van der Waals surface area (Å²) < 4.78 is 5.21. The molecule has 2 aromatic rings. The zero-order valence-electron chi connectivity index (χ0n) is 9.25. The number of pyridine rings is 1. The Balaban J connectivity index is 2.52. The van der Waals surface area contributed by atoms with Crippen LogP contribution >= 0.6 is 0 Å². The van der Waals surface area contributed by atoms with Crippen LogP contribution in [0.5, 0.6) is 5.75 Å². The molecule has 17 heavy (non-hydrogen) atoms. The fourth-order valence-electron chi connectivity index (χ4n) is 1.57. The molecule has 1 aromatic carbocycles. The zero-order valence-corrected chi connectivity index (χ0v) is 9.25. The fraction of sp³-hybridized carbons (Fsp3) is 0.0769. The highest BCUT2D eigenvalue weighted by Gasteiger charge is 2.09. The van der Waals surface area contributed by atoms with Crippen LogP contribution in [0.3, 0.4) is 0 Å². The molecule has 0 unspecified atom stereocenters. The van der Waals surface area contributed by atoms with E-state index < -0.39 is 5.97 Å². The molecule has 0 fully saturated rings. The average molecular weight is 229 g/mol. The smallest absolute Gasteiger partial charge is 0.335 e. The minimum absolute atomic E-state index is 0.209. The summed E-state index contributed by atoms with van der Waals surface area (Å²) in [5.41, 5.74) is 1.57. The molecule has 0 radical (unpaired) electrons. The predicted octanol–water partition coefficient (Wildman–Crippen LogP) is 2.46. The second-order valence-corrected chi connectivity index (χ2v) is 3.44. The van der Waals surface area contributed by atoms with Gasteiger partial charge in [-0.15, -0.1) is 0 Å². The monoisotopic (exact) mass is 229 g/mol. The highest BCUT2D eigenvalue weighted by molar-refractivity contribution is 5.89. The summed E-state index contributed by atoms with van der Waals surface area (Å²) in [5.74, 6) is -0.300. The van der Waals surface area contributed by atoms with Crippen LogP contribution in [0.1, 0.15) is 10.4 Å². The third-order valence-electron chi connectivity index (χ3n) is 2.39. The van der Waals surface area contributed by atoms with Crippen molar-refractivity contribution >= 4 is 5.97 Å². The molecule has 0 spiro atoms. The molecule has 0 saturated carbocycles. The third kappa shape index (κ3) is 2.25. The standard InChI is InChI=1S/C13H11NO3/c1-17-12-5-3-2-4-10(12)11-8-9(13(15)16)6-7-14-11/h2-8H,1H3,(H,15,16). The number of methoxy groups -OCH3 is 1. The fourth-order valence-corrected chi connectivity index (χ4v) is 1.57. The number of carboxylic acid groups (broad SMARTS) is 1. The van der Waals surface area contributed by atoms with E-state index >= 15 is 0 Å². The largest absolute Gasteiger partial charge is 0.496 e. The average Bonchev–Trinajstić information content (AvgIpc) is 2.39. The van der Waals surface area contributed by atoms with Crippen molar-refractivity contribution < 1.29 is 14.6 Å². The number of carboxylic acids is 1. The Morgan fingerprint density at radius 3 is 2.76 bits per heavy atom. The summed E-state index contributed by atoms with van der Waals surface area (Å²) in [5, 5.41) is 8.92. The molecule has 0 saturated heterocycles. The number of carbonyl (C=O) groups is 1. The molecule has 0 atom stereocenters. The molecule has 1 aromatic heterocycles. The molecule has 0 aliphatic heterocycles. The van der Waals surface area contributed by atoms with E-state index in [1.807, 2.05) is 24.3 Å². The van der Waals surface area contributed by atoms with Gasteiger partial charge in [0.25, 0.3) is 0 Å². The van der Waals surface area contributed by atoms with E-state index in [1.165, 1.54) is 18.3 Å². The van der Waals surface area contributed by atoms with Gasteiger partial charge in [0.05, 0.1) is 18.4 Å². The van der Waals surface area contributed by atoms with Crippen LogP contribution in [-0.4, -0.2) is 23.2 Å². The normalized spacial score (nSPS) is 9.94. The summed E-state index contributed by atoms with van der Waals surface area (Å²) in [4.78, 5) is 15.0. The SMILES string of the molecule is COc1ccccc1-c1cc(C(=O)O)ccn1. The molecule has 2 rings (SSSR count). The van der Waals surface area contributed by atoms with Gasteiger partial charge in [-0.05, 0) is 24.3 Å². The summed E-state index contributed by atoms with van der Waals surface area (Å²) in [6.07, 6.45) is 1.48. The van der Waals surface area contributed by atoms with E-state index in [0.717, 1.165) is 5.56 Å².